The molecule has 208 valence electrons. The lowest BCUT2D eigenvalue weighted by atomic mass is 10.0. The Hall–Kier alpha value is -4.39. The standard InChI is InChI=1S/C27H28FN7O4S/c1-14-8-21(16(3)31-24-25(30-15(2)11-29-24)40(38,39)33-17(4)36)23-22(9-14)26(37)34(5)27(32-23)35-12-18-6-7-20(28)10-19(18)13-35/h6-11,16H,12-13H2,1-5H3,(H,29,31)(H,33,36)/t16-/m1/s1. The van der Waals surface area contributed by atoms with E-state index in [1.165, 1.54) is 22.9 Å². The van der Waals surface area contributed by atoms with Crippen LogP contribution in [0.2, 0.25) is 0 Å². The molecule has 0 saturated carbocycles. The highest BCUT2D eigenvalue weighted by Gasteiger charge is 2.27. The predicted octanol–water partition coefficient (Wildman–Crippen LogP) is 3.00. The maximum atomic E-state index is 13.8. The van der Waals surface area contributed by atoms with Crippen LogP contribution in [0.3, 0.4) is 0 Å². The maximum Gasteiger partial charge on any atom is 0.285 e. The minimum Gasteiger partial charge on any atom is -0.361 e. The lowest BCUT2D eigenvalue weighted by Gasteiger charge is -2.23. The Morgan fingerprint density at radius 3 is 2.55 bits per heavy atom. The van der Waals surface area contributed by atoms with Gasteiger partial charge in [-0.25, -0.2) is 24.1 Å². The van der Waals surface area contributed by atoms with Crippen molar-refractivity contribution in [2.45, 2.75) is 51.9 Å². The van der Waals surface area contributed by atoms with Crippen LogP contribution >= 0.6 is 0 Å². The average molecular weight is 566 g/mol. The van der Waals surface area contributed by atoms with Gasteiger partial charge in [0, 0.05) is 32.6 Å². The van der Waals surface area contributed by atoms with Gasteiger partial charge < -0.3 is 10.2 Å². The molecule has 0 bridgehead atoms. The summed E-state index contributed by atoms with van der Waals surface area (Å²) in [5, 5.41) is 3.07. The summed E-state index contributed by atoms with van der Waals surface area (Å²) in [5.41, 5.74) is 3.79. The van der Waals surface area contributed by atoms with Crippen LogP contribution in [0.25, 0.3) is 10.9 Å². The van der Waals surface area contributed by atoms with Crippen LogP contribution in [0.15, 0.2) is 46.3 Å². The van der Waals surface area contributed by atoms with E-state index < -0.39 is 27.0 Å². The van der Waals surface area contributed by atoms with Gasteiger partial charge in [-0.3, -0.25) is 14.2 Å². The van der Waals surface area contributed by atoms with Crippen molar-refractivity contribution in [3.8, 4) is 0 Å². The highest BCUT2D eigenvalue weighted by Crippen LogP contribution is 2.31. The number of halogens is 1. The number of aromatic nitrogens is 4. The molecule has 4 aromatic rings. The third kappa shape index (κ3) is 4.99. The molecule has 0 spiro atoms. The van der Waals surface area contributed by atoms with Crippen molar-refractivity contribution < 1.29 is 17.6 Å². The number of aryl methyl sites for hydroxylation is 2. The summed E-state index contributed by atoms with van der Waals surface area (Å²) in [6.45, 7) is 7.20. The topological polar surface area (TPSA) is 139 Å². The van der Waals surface area contributed by atoms with Gasteiger partial charge in [0.1, 0.15) is 5.82 Å². The molecule has 0 radical (unpaired) electrons. The van der Waals surface area contributed by atoms with E-state index in [9.17, 15) is 22.4 Å². The molecule has 2 aromatic carbocycles. The van der Waals surface area contributed by atoms with Gasteiger partial charge in [-0.1, -0.05) is 12.1 Å². The van der Waals surface area contributed by atoms with E-state index >= 15 is 0 Å². The van der Waals surface area contributed by atoms with Gasteiger partial charge in [0.15, 0.2) is 5.82 Å². The highest BCUT2D eigenvalue weighted by atomic mass is 32.2. The SMILES string of the molecule is CC(=O)NS(=O)(=O)c1nc(C)cnc1N[C@H](C)c1cc(C)cc2c(=O)n(C)c(N3Cc4ccc(F)cc4C3)nc12. The summed E-state index contributed by atoms with van der Waals surface area (Å²) in [6, 6.07) is 7.70. The lowest BCUT2D eigenvalue weighted by Crippen LogP contribution is -2.30. The summed E-state index contributed by atoms with van der Waals surface area (Å²) in [4.78, 5) is 40.2. The zero-order valence-corrected chi connectivity index (χ0v) is 23.4. The van der Waals surface area contributed by atoms with E-state index in [1.54, 1.807) is 33.0 Å². The molecule has 40 heavy (non-hydrogen) atoms. The molecule has 0 unspecified atom stereocenters. The first kappa shape index (κ1) is 27.2. The molecular weight excluding hydrogens is 537 g/mol. The summed E-state index contributed by atoms with van der Waals surface area (Å²) >= 11 is 0. The predicted molar refractivity (Wildman–Crippen MR) is 148 cm³/mol. The smallest absolute Gasteiger partial charge is 0.285 e. The minimum atomic E-state index is -4.29. The van der Waals surface area contributed by atoms with Crippen LogP contribution in [0, 0.1) is 19.7 Å². The van der Waals surface area contributed by atoms with Crippen molar-refractivity contribution in [3.63, 3.8) is 0 Å². The molecule has 0 aliphatic carbocycles. The second kappa shape index (κ2) is 9.97. The van der Waals surface area contributed by atoms with Gasteiger partial charge >= 0.3 is 0 Å². The number of nitrogens with zero attached hydrogens (tertiary/aromatic N) is 5. The van der Waals surface area contributed by atoms with Gasteiger partial charge in [0.05, 0.1) is 28.8 Å². The average Bonchev–Trinajstić information content (AvgIpc) is 3.29. The normalized spacial score (nSPS) is 13.8. The summed E-state index contributed by atoms with van der Waals surface area (Å²) in [6.07, 6.45) is 1.41. The highest BCUT2D eigenvalue weighted by molar-refractivity contribution is 7.90. The largest absolute Gasteiger partial charge is 0.361 e. The van der Waals surface area contributed by atoms with Crippen LogP contribution in [0.5, 0.6) is 0 Å². The van der Waals surface area contributed by atoms with Crippen LogP contribution in [0.4, 0.5) is 16.2 Å². The molecule has 1 aliphatic heterocycles. The maximum absolute atomic E-state index is 13.8. The number of rotatable bonds is 6. The zero-order valence-electron chi connectivity index (χ0n) is 22.6. The van der Waals surface area contributed by atoms with Crippen molar-refractivity contribution >= 4 is 38.6 Å². The second-order valence-corrected chi connectivity index (χ2v) is 11.6. The summed E-state index contributed by atoms with van der Waals surface area (Å²) in [5.74, 6) is -0.706. The number of amides is 1. The van der Waals surface area contributed by atoms with Crippen molar-refractivity contribution in [3.05, 3.63) is 80.6 Å². The first-order valence-electron chi connectivity index (χ1n) is 12.5. The van der Waals surface area contributed by atoms with Crippen molar-refractivity contribution in [1.29, 1.82) is 0 Å². The van der Waals surface area contributed by atoms with Gasteiger partial charge in [-0.15, -0.1) is 0 Å². The Labute approximate surface area is 230 Å². The number of hydrogen-bond acceptors (Lipinski definition) is 9. The molecule has 1 aliphatic rings. The Bertz CT molecular complexity index is 1860. The molecule has 11 nitrogen and oxygen atoms in total. The number of hydrogen-bond donors (Lipinski definition) is 2. The van der Waals surface area contributed by atoms with Gasteiger partial charge in [0.25, 0.3) is 15.6 Å². The van der Waals surface area contributed by atoms with Gasteiger partial charge in [0.2, 0.25) is 16.9 Å². The van der Waals surface area contributed by atoms with Gasteiger partial charge in [-0.2, -0.15) is 8.42 Å². The van der Waals surface area contributed by atoms with Crippen molar-refractivity contribution in [2.24, 2.45) is 7.05 Å². The van der Waals surface area contributed by atoms with Crippen molar-refractivity contribution in [1.82, 2.24) is 24.2 Å². The van der Waals surface area contributed by atoms with Gasteiger partial charge in [-0.05, 0) is 55.7 Å². The van der Waals surface area contributed by atoms with Crippen LogP contribution in [-0.2, 0) is 35.0 Å². The third-order valence-electron chi connectivity index (χ3n) is 6.72. The molecule has 5 rings (SSSR count). The van der Waals surface area contributed by atoms with E-state index in [0.717, 1.165) is 23.6 Å². The second-order valence-electron chi connectivity index (χ2n) is 9.99. The number of anilines is 2. The molecule has 1 amide bonds. The monoisotopic (exact) mass is 565 g/mol. The van der Waals surface area contributed by atoms with Crippen molar-refractivity contribution in [2.75, 3.05) is 10.2 Å². The summed E-state index contributed by atoms with van der Waals surface area (Å²) < 4.78 is 42.9. The molecule has 0 fully saturated rings. The number of carbonyl (C=O) groups is 1. The Balaban J connectivity index is 1.59. The number of benzene rings is 2. The number of fused-ring (bicyclic) bond motifs is 2. The first-order valence-corrected chi connectivity index (χ1v) is 14.0. The fourth-order valence-electron chi connectivity index (χ4n) is 4.92. The van der Waals surface area contributed by atoms with E-state index in [-0.39, 0.29) is 17.2 Å². The molecule has 2 N–H and O–H groups in total. The van der Waals surface area contributed by atoms with E-state index in [1.807, 2.05) is 22.6 Å². The Morgan fingerprint density at radius 2 is 1.82 bits per heavy atom. The third-order valence-corrected chi connectivity index (χ3v) is 8.07. The fourth-order valence-corrected chi connectivity index (χ4v) is 6.03. The minimum absolute atomic E-state index is 0.0532. The number of nitrogens with one attached hydrogen (secondary N) is 2. The molecule has 2 aromatic heterocycles. The van der Waals surface area contributed by atoms with Crippen LogP contribution in [0.1, 0.15) is 47.8 Å². The number of carbonyl (C=O) groups excluding carboxylic acids is 1. The fraction of sp³-hybridized carbons (Fsp3) is 0.296. The lowest BCUT2D eigenvalue weighted by molar-refractivity contribution is -0.117. The Morgan fingerprint density at radius 1 is 1.10 bits per heavy atom. The summed E-state index contributed by atoms with van der Waals surface area (Å²) in [7, 11) is -2.64. The molecule has 0 saturated heterocycles. The van der Waals surface area contributed by atoms with Crippen LogP contribution < -0.4 is 20.5 Å². The van der Waals surface area contributed by atoms with Crippen LogP contribution in [-0.4, -0.2) is 33.8 Å². The molecule has 3 heterocycles. The molecular formula is C27H28FN7O4S. The first-order chi connectivity index (χ1) is 18.8. The van der Waals surface area contributed by atoms with E-state index in [4.69, 9.17) is 4.98 Å². The van der Waals surface area contributed by atoms with E-state index in [0.29, 0.717) is 41.2 Å². The molecule has 1 atom stereocenters. The Kier molecular flexibility index (Phi) is 6.78. The quantitative estimate of drug-likeness (QED) is 0.361. The van der Waals surface area contributed by atoms with E-state index in [2.05, 4.69) is 15.3 Å². The zero-order chi connectivity index (χ0) is 28.9. The number of sulfonamides is 1. The molecule has 13 heteroatoms.